The Morgan fingerprint density at radius 1 is 1.12 bits per heavy atom. The van der Waals surface area contributed by atoms with Gasteiger partial charge in [-0.05, 0) is 49.7 Å². The summed E-state index contributed by atoms with van der Waals surface area (Å²) in [7, 11) is 1.56. The van der Waals surface area contributed by atoms with Crippen LogP contribution in [0.4, 0.5) is 15.8 Å². The number of carbonyl (C=O) groups is 2. The third kappa shape index (κ3) is 4.71. The highest BCUT2D eigenvalue weighted by atomic mass is 35.5. The quantitative estimate of drug-likeness (QED) is 0.507. The first kappa shape index (κ1) is 22.8. The molecule has 0 unspecified atom stereocenters. The Bertz CT molecular complexity index is 1180. The molecular weight excluding hydrogens is 443 g/mol. The van der Waals surface area contributed by atoms with Crippen LogP contribution in [-0.4, -0.2) is 18.9 Å². The fourth-order valence-electron chi connectivity index (χ4n) is 4.26. The lowest BCUT2D eigenvalue weighted by Gasteiger charge is -2.41. The molecule has 0 aromatic heterocycles. The van der Waals surface area contributed by atoms with Gasteiger partial charge >= 0.3 is 0 Å². The van der Waals surface area contributed by atoms with Crippen molar-refractivity contribution in [1.82, 2.24) is 0 Å². The summed E-state index contributed by atoms with van der Waals surface area (Å²) in [4.78, 5) is 28.3. The van der Waals surface area contributed by atoms with Crippen LogP contribution in [0, 0.1) is 18.7 Å². The minimum atomic E-state index is -0.593. The summed E-state index contributed by atoms with van der Waals surface area (Å²) in [5, 5.41) is 2.93. The molecule has 1 fully saturated rings. The van der Waals surface area contributed by atoms with Gasteiger partial charge in [0.25, 0.3) is 0 Å². The van der Waals surface area contributed by atoms with E-state index in [1.54, 1.807) is 12.0 Å². The molecule has 1 aliphatic rings. The number of rotatable bonds is 5. The van der Waals surface area contributed by atoms with Crippen LogP contribution in [0.1, 0.15) is 30.0 Å². The zero-order valence-corrected chi connectivity index (χ0v) is 19.1. The van der Waals surface area contributed by atoms with Crippen molar-refractivity contribution >= 4 is 34.8 Å². The Labute approximate surface area is 197 Å². The first-order valence-electron chi connectivity index (χ1n) is 10.7. The number of anilines is 2. The Morgan fingerprint density at radius 3 is 2.55 bits per heavy atom. The van der Waals surface area contributed by atoms with Gasteiger partial charge in [-0.3, -0.25) is 9.59 Å². The molecule has 0 bridgehead atoms. The monoisotopic (exact) mass is 466 g/mol. The number of piperidine rings is 1. The predicted octanol–water partition coefficient (Wildman–Crippen LogP) is 5.92. The lowest BCUT2D eigenvalue weighted by Crippen LogP contribution is -2.47. The SMILES string of the molecule is COc1ccccc1[C@H]1[C@@H](C(=O)Nc2ccc(F)cc2Cl)CCC(=O)N1c1ccc(C)cc1. The first-order valence-corrected chi connectivity index (χ1v) is 11.0. The topological polar surface area (TPSA) is 58.6 Å². The number of para-hydroxylation sites is 1. The summed E-state index contributed by atoms with van der Waals surface area (Å²) in [5.41, 5.74) is 2.83. The predicted molar refractivity (Wildman–Crippen MR) is 127 cm³/mol. The number of nitrogens with zero attached hydrogens (tertiary/aromatic N) is 1. The molecule has 1 N–H and O–H groups in total. The number of methoxy groups -OCH3 is 1. The highest BCUT2D eigenvalue weighted by Crippen LogP contribution is 2.43. The number of hydrogen-bond acceptors (Lipinski definition) is 3. The standard InChI is InChI=1S/C26H24ClFN2O3/c1-16-7-10-18(11-8-16)30-24(31)14-12-20(25(30)19-5-3-4-6-23(19)33-2)26(32)29-22-13-9-17(28)15-21(22)27/h3-11,13,15,20,25H,12,14H2,1-2H3,(H,29,32)/t20-,25-/m0/s1. The molecule has 3 aromatic carbocycles. The lowest BCUT2D eigenvalue weighted by molar-refractivity contribution is -0.125. The first-order chi connectivity index (χ1) is 15.9. The Kier molecular flexibility index (Phi) is 6.65. The van der Waals surface area contributed by atoms with Crippen molar-refractivity contribution in [1.29, 1.82) is 0 Å². The van der Waals surface area contributed by atoms with Crippen molar-refractivity contribution in [2.24, 2.45) is 5.92 Å². The maximum absolute atomic E-state index is 13.5. The molecule has 2 atom stereocenters. The molecule has 2 amide bonds. The van der Waals surface area contributed by atoms with Crippen LogP contribution in [0.3, 0.4) is 0 Å². The zero-order valence-electron chi connectivity index (χ0n) is 18.3. The molecule has 4 rings (SSSR count). The average molecular weight is 467 g/mol. The fourth-order valence-corrected chi connectivity index (χ4v) is 4.47. The highest BCUT2D eigenvalue weighted by Gasteiger charge is 2.42. The molecule has 0 radical (unpaired) electrons. The van der Waals surface area contributed by atoms with Crippen molar-refractivity contribution < 1.29 is 18.7 Å². The zero-order chi connectivity index (χ0) is 23.5. The number of amides is 2. The van der Waals surface area contributed by atoms with Gasteiger partial charge in [-0.15, -0.1) is 0 Å². The summed E-state index contributed by atoms with van der Waals surface area (Å²) in [6, 6.07) is 18.2. The number of halogens is 2. The normalized spacial score (nSPS) is 18.2. The Hall–Kier alpha value is -3.38. The molecule has 0 saturated carbocycles. The van der Waals surface area contributed by atoms with Crippen molar-refractivity contribution in [2.45, 2.75) is 25.8 Å². The highest BCUT2D eigenvalue weighted by molar-refractivity contribution is 6.33. The molecule has 3 aromatic rings. The number of ether oxygens (including phenoxy) is 1. The summed E-state index contributed by atoms with van der Waals surface area (Å²) >= 11 is 6.14. The fraction of sp³-hybridized carbons (Fsp3) is 0.231. The second-order valence-electron chi connectivity index (χ2n) is 8.04. The molecule has 5 nitrogen and oxygen atoms in total. The van der Waals surface area contributed by atoms with Crippen LogP contribution in [0.25, 0.3) is 0 Å². The molecule has 1 saturated heterocycles. The smallest absolute Gasteiger partial charge is 0.229 e. The molecule has 7 heteroatoms. The van der Waals surface area contributed by atoms with Gasteiger partial charge in [0.15, 0.2) is 0 Å². The maximum Gasteiger partial charge on any atom is 0.229 e. The summed E-state index contributed by atoms with van der Waals surface area (Å²) < 4.78 is 19.0. The van der Waals surface area contributed by atoms with Gasteiger partial charge in [0.2, 0.25) is 11.8 Å². The van der Waals surface area contributed by atoms with E-state index >= 15 is 0 Å². The van der Waals surface area contributed by atoms with Gasteiger partial charge in [0, 0.05) is 17.7 Å². The van der Waals surface area contributed by atoms with Crippen LogP contribution in [0.15, 0.2) is 66.7 Å². The van der Waals surface area contributed by atoms with Crippen LogP contribution in [-0.2, 0) is 9.59 Å². The number of aryl methyl sites for hydroxylation is 1. The van der Waals surface area contributed by atoms with Crippen molar-refractivity contribution in [3.05, 3.63) is 88.7 Å². The third-order valence-corrected chi connectivity index (χ3v) is 6.21. The summed E-state index contributed by atoms with van der Waals surface area (Å²) in [6.07, 6.45) is 0.573. The van der Waals surface area contributed by atoms with E-state index in [1.165, 1.54) is 12.1 Å². The second kappa shape index (κ2) is 9.63. The van der Waals surface area contributed by atoms with Gasteiger partial charge in [-0.25, -0.2) is 4.39 Å². The van der Waals surface area contributed by atoms with E-state index in [0.717, 1.165) is 17.2 Å². The molecular formula is C26H24ClFN2O3. The summed E-state index contributed by atoms with van der Waals surface area (Å²) in [6.45, 7) is 1.97. The minimum absolute atomic E-state index is 0.0707. The van der Waals surface area contributed by atoms with Gasteiger partial charge in [0.1, 0.15) is 11.6 Å². The van der Waals surface area contributed by atoms with E-state index in [4.69, 9.17) is 16.3 Å². The molecule has 0 spiro atoms. The van der Waals surface area contributed by atoms with E-state index in [9.17, 15) is 14.0 Å². The molecule has 33 heavy (non-hydrogen) atoms. The van der Waals surface area contributed by atoms with Crippen LogP contribution < -0.4 is 15.0 Å². The van der Waals surface area contributed by atoms with E-state index in [1.807, 2.05) is 55.5 Å². The van der Waals surface area contributed by atoms with Gasteiger partial charge in [-0.1, -0.05) is 47.5 Å². The van der Waals surface area contributed by atoms with Gasteiger partial charge in [0.05, 0.1) is 29.8 Å². The largest absolute Gasteiger partial charge is 0.496 e. The third-order valence-electron chi connectivity index (χ3n) is 5.89. The second-order valence-corrected chi connectivity index (χ2v) is 8.45. The average Bonchev–Trinajstić information content (AvgIpc) is 2.81. The molecule has 1 aliphatic heterocycles. The van der Waals surface area contributed by atoms with Crippen molar-refractivity contribution in [2.75, 3.05) is 17.3 Å². The van der Waals surface area contributed by atoms with Gasteiger partial charge < -0.3 is 15.0 Å². The van der Waals surface area contributed by atoms with E-state index in [-0.39, 0.29) is 23.3 Å². The number of benzene rings is 3. The van der Waals surface area contributed by atoms with Crippen LogP contribution in [0.5, 0.6) is 5.75 Å². The Balaban J connectivity index is 1.78. The Morgan fingerprint density at radius 2 is 1.85 bits per heavy atom. The maximum atomic E-state index is 13.5. The minimum Gasteiger partial charge on any atom is -0.496 e. The van der Waals surface area contributed by atoms with Crippen LogP contribution >= 0.6 is 11.6 Å². The van der Waals surface area contributed by atoms with Crippen LogP contribution in [0.2, 0.25) is 5.02 Å². The van der Waals surface area contributed by atoms with E-state index < -0.39 is 17.8 Å². The van der Waals surface area contributed by atoms with E-state index in [2.05, 4.69) is 5.32 Å². The molecule has 170 valence electrons. The number of hydrogen-bond donors (Lipinski definition) is 1. The number of nitrogens with one attached hydrogen (secondary N) is 1. The lowest BCUT2D eigenvalue weighted by atomic mass is 9.82. The van der Waals surface area contributed by atoms with Gasteiger partial charge in [-0.2, -0.15) is 0 Å². The number of carbonyl (C=O) groups excluding carboxylic acids is 2. The van der Waals surface area contributed by atoms with Crippen molar-refractivity contribution in [3.8, 4) is 5.75 Å². The molecule has 1 heterocycles. The molecule has 0 aliphatic carbocycles. The van der Waals surface area contributed by atoms with E-state index in [0.29, 0.717) is 23.5 Å². The van der Waals surface area contributed by atoms with Crippen molar-refractivity contribution in [3.63, 3.8) is 0 Å². The summed E-state index contributed by atoms with van der Waals surface area (Å²) in [5.74, 6) is -0.852.